The molecule has 0 spiro atoms. The average Bonchev–Trinajstić information content (AvgIpc) is 3.00. The van der Waals surface area contributed by atoms with Crippen LogP contribution in [0.1, 0.15) is 37.2 Å². The van der Waals surface area contributed by atoms with Gasteiger partial charge in [-0.3, -0.25) is 4.79 Å². The van der Waals surface area contributed by atoms with Gasteiger partial charge in [-0.25, -0.2) is 0 Å². The first-order chi connectivity index (χ1) is 9.84. The summed E-state index contributed by atoms with van der Waals surface area (Å²) in [7, 11) is 0. The van der Waals surface area contributed by atoms with E-state index < -0.39 is 0 Å². The number of hydrogen-bond donors (Lipinski definition) is 2. The van der Waals surface area contributed by atoms with Gasteiger partial charge in [-0.2, -0.15) is 0 Å². The van der Waals surface area contributed by atoms with E-state index in [1.54, 1.807) is 0 Å². The van der Waals surface area contributed by atoms with Crippen LogP contribution in [0.5, 0.6) is 5.75 Å². The number of carbonyl (C=O) groups excluding carboxylic acids is 1. The second kappa shape index (κ2) is 7.66. The summed E-state index contributed by atoms with van der Waals surface area (Å²) >= 11 is 0. The molecule has 0 bridgehead atoms. The minimum atomic E-state index is -0.0588. The lowest BCUT2D eigenvalue weighted by molar-refractivity contribution is -0.123. The van der Waals surface area contributed by atoms with E-state index in [-0.39, 0.29) is 24.2 Å². The maximum absolute atomic E-state index is 12.3. The molecule has 2 heterocycles. The third-order valence-electron chi connectivity index (χ3n) is 4.23. The highest BCUT2D eigenvalue weighted by molar-refractivity contribution is 5.85. The number of fused-ring (bicyclic) bond motifs is 1. The predicted molar refractivity (Wildman–Crippen MR) is 85.2 cm³/mol. The molecule has 4 nitrogen and oxygen atoms in total. The molecule has 3 rings (SSSR count). The van der Waals surface area contributed by atoms with Crippen LogP contribution in [-0.2, 0) is 4.79 Å². The van der Waals surface area contributed by atoms with Gasteiger partial charge in [0.2, 0.25) is 5.91 Å². The molecule has 1 amide bonds. The molecule has 1 aromatic rings. The molecule has 5 heteroatoms. The molecule has 0 aromatic heterocycles. The van der Waals surface area contributed by atoms with Crippen molar-refractivity contribution in [3.05, 3.63) is 29.8 Å². The molecule has 21 heavy (non-hydrogen) atoms. The van der Waals surface area contributed by atoms with E-state index in [1.807, 2.05) is 24.3 Å². The van der Waals surface area contributed by atoms with Gasteiger partial charge in [-0.05, 0) is 38.3 Å². The number of carbonyl (C=O) groups is 1. The molecule has 1 aromatic carbocycles. The Hall–Kier alpha value is -1.26. The van der Waals surface area contributed by atoms with E-state index >= 15 is 0 Å². The van der Waals surface area contributed by atoms with E-state index in [4.69, 9.17) is 4.74 Å². The number of amides is 1. The highest BCUT2D eigenvalue weighted by Gasteiger charge is 2.27. The Bertz CT molecular complexity index is 475. The highest BCUT2D eigenvalue weighted by atomic mass is 35.5. The molecular weight excluding hydrogens is 288 g/mol. The monoisotopic (exact) mass is 310 g/mol. The Kier molecular flexibility index (Phi) is 5.88. The lowest BCUT2D eigenvalue weighted by Crippen LogP contribution is -2.35. The number of halogens is 1. The van der Waals surface area contributed by atoms with Crippen molar-refractivity contribution in [2.75, 3.05) is 19.7 Å². The third kappa shape index (κ3) is 3.89. The van der Waals surface area contributed by atoms with Gasteiger partial charge < -0.3 is 15.4 Å². The Morgan fingerprint density at radius 3 is 3.00 bits per heavy atom. The number of rotatable bonds is 4. The van der Waals surface area contributed by atoms with Crippen LogP contribution in [0.3, 0.4) is 0 Å². The lowest BCUT2D eigenvalue weighted by atomic mass is 9.92. The molecular formula is C16H23ClN2O2. The summed E-state index contributed by atoms with van der Waals surface area (Å²) in [5, 5.41) is 6.54. The van der Waals surface area contributed by atoms with Gasteiger partial charge in [0.1, 0.15) is 5.75 Å². The summed E-state index contributed by atoms with van der Waals surface area (Å²) in [6.45, 7) is 2.50. The van der Waals surface area contributed by atoms with Gasteiger partial charge in [0.15, 0.2) is 0 Å². The summed E-state index contributed by atoms with van der Waals surface area (Å²) in [5.41, 5.74) is 1.02. The van der Waals surface area contributed by atoms with Crippen LogP contribution in [0.4, 0.5) is 0 Å². The van der Waals surface area contributed by atoms with Crippen molar-refractivity contribution in [2.45, 2.75) is 37.6 Å². The first-order valence-electron chi connectivity index (χ1n) is 7.57. The van der Waals surface area contributed by atoms with Crippen LogP contribution in [-0.4, -0.2) is 31.6 Å². The van der Waals surface area contributed by atoms with Crippen molar-refractivity contribution in [2.24, 2.45) is 0 Å². The SMILES string of the molecule is Cl.O=C(NCC[C@H]1CCCN1)C1CCOc2ccccc21. The van der Waals surface area contributed by atoms with Gasteiger partial charge >= 0.3 is 0 Å². The molecule has 1 fully saturated rings. The standard InChI is InChI=1S/C16H22N2O2.ClH/c19-16(18-10-7-12-4-3-9-17-12)14-8-11-20-15-6-2-1-5-13(14)15;/h1-2,5-6,12,14,17H,3-4,7-11H2,(H,18,19);1H/t12-,14?;/m1./s1. The van der Waals surface area contributed by atoms with Crippen LogP contribution >= 0.6 is 12.4 Å². The third-order valence-corrected chi connectivity index (χ3v) is 4.23. The Morgan fingerprint density at radius 1 is 1.33 bits per heavy atom. The van der Waals surface area contributed by atoms with Gasteiger partial charge in [0.25, 0.3) is 0 Å². The number of ether oxygens (including phenoxy) is 1. The van der Waals surface area contributed by atoms with Gasteiger partial charge in [0, 0.05) is 18.2 Å². The van der Waals surface area contributed by atoms with Crippen molar-refractivity contribution < 1.29 is 9.53 Å². The minimum Gasteiger partial charge on any atom is -0.493 e. The van der Waals surface area contributed by atoms with Crippen molar-refractivity contribution >= 4 is 18.3 Å². The summed E-state index contributed by atoms with van der Waals surface area (Å²) in [4.78, 5) is 12.3. The normalized spacial score (nSPS) is 23.6. The predicted octanol–water partition coefficient (Wildman–Crippen LogP) is 2.23. The second-order valence-electron chi connectivity index (χ2n) is 5.60. The number of para-hydroxylation sites is 1. The van der Waals surface area contributed by atoms with Gasteiger partial charge in [0.05, 0.1) is 12.5 Å². The average molecular weight is 311 g/mol. The van der Waals surface area contributed by atoms with Gasteiger partial charge in [-0.1, -0.05) is 18.2 Å². The number of nitrogens with one attached hydrogen (secondary N) is 2. The topological polar surface area (TPSA) is 50.4 Å². The Balaban J connectivity index is 0.00000161. The van der Waals surface area contributed by atoms with E-state index in [0.29, 0.717) is 12.6 Å². The summed E-state index contributed by atoms with van der Waals surface area (Å²) in [5.74, 6) is 0.937. The summed E-state index contributed by atoms with van der Waals surface area (Å²) < 4.78 is 5.60. The fourth-order valence-corrected chi connectivity index (χ4v) is 3.11. The zero-order valence-electron chi connectivity index (χ0n) is 12.1. The largest absolute Gasteiger partial charge is 0.493 e. The molecule has 2 atom stereocenters. The summed E-state index contributed by atoms with van der Waals surface area (Å²) in [6, 6.07) is 8.44. The van der Waals surface area contributed by atoms with Crippen LogP contribution in [0.2, 0.25) is 0 Å². The number of hydrogen-bond acceptors (Lipinski definition) is 3. The van der Waals surface area contributed by atoms with E-state index in [2.05, 4.69) is 10.6 Å². The molecule has 0 radical (unpaired) electrons. The van der Waals surface area contributed by atoms with E-state index in [1.165, 1.54) is 12.8 Å². The van der Waals surface area contributed by atoms with Crippen LogP contribution in [0.15, 0.2) is 24.3 Å². The van der Waals surface area contributed by atoms with Crippen LogP contribution in [0.25, 0.3) is 0 Å². The Morgan fingerprint density at radius 2 is 2.19 bits per heavy atom. The quantitative estimate of drug-likeness (QED) is 0.896. The molecule has 2 aliphatic heterocycles. The maximum Gasteiger partial charge on any atom is 0.227 e. The number of benzene rings is 1. The van der Waals surface area contributed by atoms with Crippen LogP contribution in [0, 0.1) is 0 Å². The first kappa shape index (κ1) is 16.1. The molecule has 2 N–H and O–H groups in total. The summed E-state index contributed by atoms with van der Waals surface area (Å²) in [6.07, 6.45) is 4.28. The smallest absolute Gasteiger partial charge is 0.227 e. The molecule has 1 saturated heterocycles. The van der Waals surface area contributed by atoms with Gasteiger partial charge in [-0.15, -0.1) is 12.4 Å². The van der Waals surface area contributed by atoms with Crippen molar-refractivity contribution in [3.8, 4) is 5.75 Å². The fraction of sp³-hybridized carbons (Fsp3) is 0.562. The molecule has 116 valence electrons. The van der Waals surface area contributed by atoms with Crippen molar-refractivity contribution in [1.29, 1.82) is 0 Å². The second-order valence-corrected chi connectivity index (χ2v) is 5.60. The van der Waals surface area contributed by atoms with E-state index in [0.717, 1.165) is 37.2 Å². The lowest BCUT2D eigenvalue weighted by Gasteiger charge is -2.25. The molecule has 0 aliphatic carbocycles. The van der Waals surface area contributed by atoms with Crippen molar-refractivity contribution in [1.82, 2.24) is 10.6 Å². The molecule has 1 unspecified atom stereocenters. The van der Waals surface area contributed by atoms with E-state index in [9.17, 15) is 4.79 Å². The highest BCUT2D eigenvalue weighted by Crippen LogP contribution is 2.33. The molecule has 0 saturated carbocycles. The Labute approximate surface area is 132 Å². The molecule has 2 aliphatic rings. The zero-order chi connectivity index (χ0) is 13.8. The fourth-order valence-electron chi connectivity index (χ4n) is 3.11. The minimum absolute atomic E-state index is 0. The van der Waals surface area contributed by atoms with Crippen LogP contribution < -0.4 is 15.4 Å². The van der Waals surface area contributed by atoms with Crippen molar-refractivity contribution in [3.63, 3.8) is 0 Å². The zero-order valence-corrected chi connectivity index (χ0v) is 13.0. The first-order valence-corrected chi connectivity index (χ1v) is 7.57. The maximum atomic E-state index is 12.3.